The second-order valence-corrected chi connectivity index (χ2v) is 17.1. The average molecular weight is 825 g/mol. The summed E-state index contributed by atoms with van der Waals surface area (Å²) in [7, 11) is 0. The molecule has 0 fully saturated rings. The third-order valence-corrected chi connectivity index (χ3v) is 13.5. The zero-order chi connectivity index (χ0) is 42.6. The molecule has 300 valence electrons. The van der Waals surface area contributed by atoms with Gasteiger partial charge < -0.3 is 4.57 Å². The Kier molecular flexibility index (Phi) is 7.65. The lowest BCUT2D eigenvalue weighted by molar-refractivity contribution is 1.07. The first-order valence-electron chi connectivity index (χ1n) is 22.2. The van der Waals surface area contributed by atoms with Gasteiger partial charge in [0.05, 0.1) is 11.0 Å². The minimum absolute atomic E-state index is 0.631. The third kappa shape index (κ3) is 5.47. The zero-order valence-corrected chi connectivity index (χ0v) is 35.1. The Bertz CT molecular complexity index is 4200. The molecule has 2 heterocycles. The first-order valence-corrected chi connectivity index (χ1v) is 22.2. The van der Waals surface area contributed by atoms with E-state index in [1.54, 1.807) is 0 Å². The molecule has 0 amide bonds. The van der Waals surface area contributed by atoms with Crippen molar-refractivity contribution < 1.29 is 0 Å². The molecule has 0 bridgehead atoms. The largest absolute Gasteiger partial charge is 0.309 e. The number of rotatable bonds is 5. The van der Waals surface area contributed by atoms with Crippen LogP contribution in [-0.4, -0.2) is 19.5 Å². The lowest BCUT2D eigenvalue weighted by Crippen LogP contribution is -2.00. The van der Waals surface area contributed by atoms with Crippen molar-refractivity contribution in [3.05, 3.63) is 218 Å². The van der Waals surface area contributed by atoms with Crippen LogP contribution in [0.2, 0.25) is 0 Å². The predicted molar refractivity (Wildman–Crippen MR) is 272 cm³/mol. The van der Waals surface area contributed by atoms with Crippen LogP contribution in [0.3, 0.4) is 0 Å². The van der Waals surface area contributed by atoms with Gasteiger partial charge in [0, 0.05) is 33.2 Å². The van der Waals surface area contributed by atoms with E-state index < -0.39 is 0 Å². The Morgan fingerprint density at radius 2 is 0.692 bits per heavy atom. The van der Waals surface area contributed by atoms with E-state index in [0.29, 0.717) is 17.5 Å². The quantitative estimate of drug-likeness (QED) is 0.162. The second kappa shape index (κ2) is 13.9. The number of para-hydroxylation sites is 2. The zero-order valence-electron chi connectivity index (χ0n) is 35.1. The van der Waals surface area contributed by atoms with E-state index in [4.69, 9.17) is 15.0 Å². The van der Waals surface area contributed by atoms with Crippen LogP contribution in [0.15, 0.2) is 218 Å². The Morgan fingerprint density at radius 1 is 0.246 bits per heavy atom. The monoisotopic (exact) mass is 824 g/mol. The smallest absolute Gasteiger partial charge is 0.164 e. The summed E-state index contributed by atoms with van der Waals surface area (Å²) in [6.07, 6.45) is 0. The fraction of sp³-hybridized carbons (Fsp3) is 0. The summed E-state index contributed by atoms with van der Waals surface area (Å²) in [4.78, 5) is 15.7. The van der Waals surface area contributed by atoms with Gasteiger partial charge in [-0.1, -0.05) is 176 Å². The summed E-state index contributed by atoms with van der Waals surface area (Å²) in [6, 6.07) is 78.8. The van der Waals surface area contributed by atoms with E-state index in [1.165, 1.54) is 81.1 Å². The maximum Gasteiger partial charge on any atom is 0.164 e. The van der Waals surface area contributed by atoms with Crippen LogP contribution >= 0.6 is 0 Å². The lowest BCUT2D eigenvalue weighted by Gasteiger charge is -2.17. The highest BCUT2D eigenvalue weighted by molar-refractivity contribution is 6.37. The number of aromatic nitrogens is 4. The molecule has 0 spiro atoms. The number of fused-ring (bicyclic) bond motifs is 5. The van der Waals surface area contributed by atoms with Crippen molar-refractivity contribution in [3.63, 3.8) is 0 Å². The molecular weight excluding hydrogens is 789 g/mol. The molecule has 0 radical (unpaired) electrons. The van der Waals surface area contributed by atoms with E-state index in [1.807, 2.05) is 18.2 Å². The normalized spacial score (nSPS) is 12.0. The van der Waals surface area contributed by atoms with E-state index in [2.05, 4.69) is 205 Å². The third-order valence-electron chi connectivity index (χ3n) is 13.5. The topological polar surface area (TPSA) is 43.6 Å². The molecule has 0 aliphatic heterocycles. The SMILES string of the molecule is c1ccc(-c2nc(-c3ccc(-c4ccc5c(c4)c4ccccc4n5-c4ccccc4)cc3)nc(-c3cc4ccc5cccc6c7cccc8ccc9cccc(c(c3)c4c56)c9c87)n2)cc1. The van der Waals surface area contributed by atoms with Crippen molar-refractivity contribution in [1.82, 2.24) is 19.5 Å². The Morgan fingerprint density at radius 3 is 1.34 bits per heavy atom. The second-order valence-electron chi connectivity index (χ2n) is 17.1. The highest BCUT2D eigenvalue weighted by Gasteiger charge is 2.19. The van der Waals surface area contributed by atoms with Gasteiger partial charge in [-0.05, 0) is 118 Å². The van der Waals surface area contributed by atoms with Gasteiger partial charge in [-0.3, -0.25) is 0 Å². The van der Waals surface area contributed by atoms with Gasteiger partial charge in [0.25, 0.3) is 0 Å². The summed E-state index contributed by atoms with van der Waals surface area (Å²) in [5.41, 5.74) is 8.63. The van der Waals surface area contributed by atoms with Gasteiger partial charge in [-0.25, -0.2) is 15.0 Å². The van der Waals surface area contributed by atoms with Crippen LogP contribution in [0.1, 0.15) is 0 Å². The summed E-state index contributed by atoms with van der Waals surface area (Å²) < 4.78 is 2.35. The van der Waals surface area contributed by atoms with Crippen molar-refractivity contribution in [2.75, 3.05) is 0 Å². The lowest BCUT2D eigenvalue weighted by atomic mass is 9.87. The molecule has 14 rings (SSSR count). The van der Waals surface area contributed by atoms with Crippen LogP contribution in [-0.2, 0) is 0 Å². The van der Waals surface area contributed by atoms with E-state index in [-0.39, 0.29) is 0 Å². The van der Waals surface area contributed by atoms with E-state index in [9.17, 15) is 0 Å². The first-order chi connectivity index (χ1) is 32.2. The molecule has 12 aromatic carbocycles. The van der Waals surface area contributed by atoms with Crippen LogP contribution in [0, 0.1) is 0 Å². The number of nitrogens with zero attached hydrogens (tertiary/aromatic N) is 4. The molecule has 0 saturated heterocycles. The molecule has 65 heavy (non-hydrogen) atoms. The van der Waals surface area contributed by atoms with Crippen LogP contribution in [0.25, 0.3) is 137 Å². The van der Waals surface area contributed by atoms with Gasteiger partial charge in [-0.15, -0.1) is 0 Å². The summed E-state index contributed by atoms with van der Waals surface area (Å²) >= 11 is 0. The maximum atomic E-state index is 5.31. The molecule has 0 aliphatic rings. The van der Waals surface area contributed by atoms with Gasteiger partial charge in [0.2, 0.25) is 0 Å². The predicted octanol–water partition coefficient (Wildman–Crippen LogP) is 16.0. The molecule has 4 heteroatoms. The van der Waals surface area contributed by atoms with Crippen molar-refractivity contribution in [1.29, 1.82) is 0 Å². The van der Waals surface area contributed by atoms with Gasteiger partial charge in [0.15, 0.2) is 17.5 Å². The van der Waals surface area contributed by atoms with Crippen molar-refractivity contribution >= 4 is 86.4 Å². The Labute approximate surface area is 373 Å². The minimum atomic E-state index is 0.631. The molecule has 14 aromatic rings. The van der Waals surface area contributed by atoms with E-state index >= 15 is 0 Å². The molecule has 0 unspecified atom stereocenters. The van der Waals surface area contributed by atoms with Gasteiger partial charge >= 0.3 is 0 Å². The van der Waals surface area contributed by atoms with Gasteiger partial charge in [-0.2, -0.15) is 0 Å². The van der Waals surface area contributed by atoms with E-state index in [0.717, 1.165) is 38.9 Å². The maximum absolute atomic E-state index is 5.31. The molecule has 4 nitrogen and oxygen atoms in total. The fourth-order valence-corrected chi connectivity index (χ4v) is 10.6. The summed E-state index contributed by atoms with van der Waals surface area (Å²) in [5.74, 6) is 1.91. The standard InChI is InChI=1S/C61H36N4/c1-3-12-41(13-4-1)59-62-60(42-29-24-37(25-30-42)43-32-33-54-51(35-43)47-19-7-8-23-53(47)65(54)46-17-5-2-6-18-46)64-61(63-59)45-34-44-31-28-40-15-10-21-49-48-20-9-14-38-26-27-39-16-11-22-50(57(39)55(38)48)52(36-45)58(44)56(40)49/h1-36H. The van der Waals surface area contributed by atoms with Crippen molar-refractivity contribution in [2.24, 2.45) is 0 Å². The summed E-state index contributed by atoms with van der Waals surface area (Å²) in [5, 5.41) is 17.3. The van der Waals surface area contributed by atoms with Crippen molar-refractivity contribution in [2.45, 2.75) is 0 Å². The van der Waals surface area contributed by atoms with Gasteiger partial charge in [0.1, 0.15) is 0 Å². The fourth-order valence-electron chi connectivity index (χ4n) is 10.6. The number of hydrogen-bond acceptors (Lipinski definition) is 3. The molecule has 0 N–H and O–H groups in total. The molecule has 2 aromatic heterocycles. The highest BCUT2D eigenvalue weighted by atomic mass is 15.0. The van der Waals surface area contributed by atoms with Crippen LogP contribution in [0.5, 0.6) is 0 Å². The van der Waals surface area contributed by atoms with Crippen LogP contribution < -0.4 is 0 Å². The summed E-state index contributed by atoms with van der Waals surface area (Å²) in [6.45, 7) is 0. The molecule has 0 saturated carbocycles. The number of benzene rings is 11. The average Bonchev–Trinajstić information content (AvgIpc) is 3.71. The Balaban J connectivity index is 0.959. The van der Waals surface area contributed by atoms with Crippen LogP contribution in [0.4, 0.5) is 0 Å². The first kappa shape index (κ1) is 35.8. The van der Waals surface area contributed by atoms with Crippen molar-refractivity contribution in [3.8, 4) is 51.0 Å². The minimum Gasteiger partial charge on any atom is -0.309 e. The Hall–Kier alpha value is -8.73. The molecular formula is C61H36N4. The highest BCUT2D eigenvalue weighted by Crippen LogP contribution is 2.44. The molecule has 0 aliphatic carbocycles. The molecule has 0 atom stereocenters. The number of hydrogen-bond donors (Lipinski definition) is 0.